The van der Waals surface area contributed by atoms with Crippen molar-refractivity contribution in [3.05, 3.63) is 76.9 Å². The Kier molecular flexibility index (Phi) is 6.50. The van der Waals surface area contributed by atoms with Crippen LogP contribution in [0.5, 0.6) is 0 Å². The van der Waals surface area contributed by atoms with Crippen molar-refractivity contribution in [3.8, 4) is 11.3 Å². The summed E-state index contributed by atoms with van der Waals surface area (Å²) in [7, 11) is 0. The van der Waals surface area contributed by atoms with Crippen molar-refractivity contribution in [1.29, 1.82) is 0 Å². The van der Waals surface area contributed by atoms with E-state index in [0.717, 1.165) is 40.5 Å². The van der Waals surface area contributed by atoms with Crippen LogP contribution >= 0.6 is 11.3 Å². The minimum Gasteiger partial charge on any atom is -0.324 e. The van der Waals surface area contributed by atoms with Gasteiger partial charge in [0.2, 0.25) is 0 Å². The van der Waals surface area contributed by atoms with Crippen LogP contribution < -0.4 is 5.32 Å². The summed E-state index contributed by atoms with van der Waals surface area (Å²) in [6.45, 7) is 5.02. The predicted molar refractivity (Wildman–Crippen MR) is 124 cm³/mol. The number of urea groups is 1. The molecule has 0 aliphatic heterocycles. The van der Waals surface area contributed by atoms with Crippen molar-refractivity contribution in [2.75, 3.05) is 18.4 Å². The van der Waals surface area contributed by atoms with Crippen LogP contribution in [0.15, 0.2) is 54.0 Å². The topological polar surface area (TPSA) is 49.6 Å². The molecule has 2 aromatic heterocycles. The van der Waals surface area contributed by atoms with Gasteiger partial charge < -0.3 is 10.2 Å². The summed E-state index contributed by atoms with van der Waals surface area (Å²) in [5.41, 5.74) is 4.19. The van der Waals surface area contributed by atoms with E-state index in [1.807, 2.05) is 18.5 Å². The Bertz CT molecular complexity index is 1230. The molecule has 2 heterocycles. The fourth-order valence-corrected chi connectivity index (χ4v) is 4.40. The number of nitrogens with zero attached hydrogens (tertiary/aromatic N) is 3. The van der Waals surface area contributed by atoms with E-state index in [0.29, 0.717) is 19.5 Å². The molecule has 2 aromatic carbocycles. The van der Waals surface area contributed by atoms with E-state index >= 15 is 0 Å². The summed E-state index contributed by atoms with van der Waals surface area (Å²) < 4.78 is 29.1. The lowest BCUT2D eigenvalue weighted by Gasteiger charge is -2.22. The second kappa shape index (κ2) is 9.48. The second-order valence-corrected chi connectivity index (χ2v) is 8.50. The third-order valence-electron chi connectivity index (χ3n) is 5.22. The van der Waals surface area contributed by atoms with E-state index in [2.05, 4.69) is 40.9 Å². The Morgan fingerprint density at radius 1 is 1.16 bits per heavy atom. The highest BCUT2D eigenvalue weighted by atomic mass is 32.1. The number of nitrogens with one attached hydrogen (secondary N) is 1. The van der Waals surface area contributed by atoms with E-state index in [-0.39, 0.29) is 5.69 Å². The number of thiazole rings is 1. The highest BCUT2D eigenvalue weighted by Crippen LogP contribution is 2.24. The summed E-state index contributed by atoms with van der Waals surface area (Å²) in [5.74, 6) is -1.48. The van der Waals surface area contributed by atoms with Gasteiger partial charge in [0, 0.05) is 48.4 Å². The smallest absolute Gasteiger partial charge is 0.321 e. The number of amides is 2. The molecule has 2 amide bonds. The van der Waals surface area contributed by atoms with Crippen LogP contribution in [-0.4, -0.2) is 33.4 Å². The van der Waals surface area contributed by atoms with Gasteiger partial charge in [0.05, 0.1) is 11.4 Å². The number of benzene rings is 2. The minimum absolute atomic E-state index is 0.0345. The molecule has 5 nitrogen and oxygen atoms in total. The zero-order valence-electron chi connectivity index (χ0n) is 17.9. The van der Waals surface area contributed by atoms with Gasteiger partial charge in [-0.2, -0.15) is 0 Å². The maximum absolute atomic E-state index is 13.9. The number of anilines is 1. The normalized spacial score (nSPS) is 11.1. The third-order valence-corrected chi connectivity index (χ3v) is 6.11. The molecule has 0 spiro atoms. The van der Waals surface area contributed by atoms with Gasteiger partial charge in [0.15, 0.2) is 4.96 Å². The second-order valence-electron chi connectivity index (χ2n) is 7.66. The molecule has 4 rings (SSSR count). The van der Waals surface area contributed by atoms with Gasteiger partial charge in [-0.25, -0.2) is 18.6 Å². The molecule has 32 heavy (non-hydrogen) atoms. The number of hydrogen-bond acceptors (Lipinski definition) is 3. The van der Waals surface area contributed by atoms with Crippen LogP contribution in [0.1, 0.15) is 24.6 Å². The first-order valence-electron chi connectivity index (χ1n) is 10.5. The van der Waals surface area contributed by atoms with Gasteiger partial charge in [-0.3, -0.25) is 4.40 Å². The lowest BCUT2D eigenvalue weighted by atomic mass is 10.1. The molecule has 0 aliphatic rings. The maximum atomic E-state index is 13.9. The molecular formula is C24H24F2N4OS. The van der Waals surface area contributed by atoms with Gasteiger partial charge in [0.1, 0.15) is 11.6 Å². The van der Waals surface area contributed by atoms with E-state index in [1.54, 1.807) is 16.2 Å². The molecule has 0 saturated heterocycles. The summed E-state index contributed by atoms with van der Waals surface area (Å²) in [5, 5.41) is 4.59. The number of rotatable bonds is 7. The molecule has 0 bridgehead atoms. The Labute approximate surface area is 189 Å². The zero-order valence-corrected chi connectivity index (χ0v) is 18.8. The maximum Gasteiger partial charge on any atom is 0.321 e. The number of imidazole rings is 1. The average Bonchev–Trinajstić information content (AvgIpc) is 3.35. The van der Waals surface area contributed by atoms with Crippen molar-refractivity contribution < 1.29 is 13.6 Å². The van der Waals surface area contributed by atoms with Crippen LogP contribution in [0, 0.1) is 18.6 Å². The molecular weight excluding hydrogens is 430 g/mol. The Hall–Kier alpha value is -3.26. The molecule has 1 N–H and O–H groups in total. The fraction of sp³-hybridized carbons (Fsp3) is 0.250. The predicted octanol–water partition coefficient (Wildman–Crippen LogP) is 6.14. The van der Waals surface area contributed by atoms with Gasteiger partial charge in [-0.05, 0) is 25.5 Å². The van der Waals surface area contributed by atoms with Crippen molar-refractivity contribution in [1.82, 2.24) is 14.3 Å². The van der Waals surface area contributed by atoms with Gasteiger partial charge in [0.25, 0.3) is 0 Å². The number of fused-ring (bicyclic) bond motifs is 1. The quantitative estimate of drug-likeness (QED) is 0.365. The standard InChI is InChI=1S/C24H24F2N4OS/c1-3-11-29(23(31)27-21-9-8-18(25)13-20(21)26)12-10-19-15-32-24-28-22(14-30(19)24)17-6-4-16(2)5-7-17/h4-9,13-15H,3,10-12H2,1-2H3,(H,27,31). The van der Waals surface area contributed by atoms with Crippen LogP contribution in [0.3, 0.4) is 0 Å². The fourth-order valence-electron chi connectivity index (χ4n) is 3.49. The lowest BCUT2D eigenvalue weighted by molar-refractivity contribution is 0.212. The average molecular weight is 455 g/mol. The zero-order chi connectivity index (χ0) is 22.7. The highest BCUT2D eigenvalue weighted by molar-refractivity contribution is 7.15. The number of halogens is 2. The molecule has 0 atom stereocenters. The van der Waals surface area contributed by atoms with Crippen molar-refractivity contribution in [2.45, 2.75) is 26.7 Å². The van der Waals surface area contributed by atoms with E-state index < -0.39 is 17.7 Å². The summed E-state index contributed by atoms with van der Waals surface area (Å²) in [6.07, 6.45) is 3.41. The van der Waals surface area contributed by atoms with Gasteiger partial charge in [-0.15, -0.1) is 11.3 Å². The Morgan fingerprint density at radius 3 is 2.66 bits per heavy atom. The minimum atomic E-state index is -0.795. The number of aromatic nitrogens is 2. The molecule has 0 aliphatic carbocycles. The number of hydrogen-bond donors (Lipinski definition) is 1. The van der Waals surface area contributed by atoms with Gasteiger partial charge in [-0.1, -0.05) is 36.8 Å². The lowest BCUT2D eigenvalue weighted by Crippen LogP contribution is -2.37. The first-order valence-corrected chi connectivity index (χ1v) is 11.4. The molecule has 0 radical (unpaired) electrons. The molecule has 0 fully saturated rings. The Morgan fingerprint density at radius 2 is 1.94 bits per heavy atom. The van der Waals surface area contributed by atoms with Crippen LogP contribution in [0.25, 0.3) is 16.2 Å². The van der Waals surface area contributed by atoms with E-state index in [1.165, 1.54) is 11.6 Å². The van der Waals surface area contributed by atoms with Crippen LogP contribution in [0.2, 0.25) is 0 Å². The third kappa shape index (κ3) is 4.80. The first kappa shape index (κ1) is 22.0. The van der Waals surface area contributed by atoms with Gasteiger partial charge >= 0.3 is 6.03 Å². The molecule has 8 heteroatoms. The van der Waals surface area contributed by atoms with Crippen LogP contribution in [-0.2, 0) is 6.42 Å². The molecule has 0 unspecified atom stereocenters. The molecule has 166 valence electrons. The van der Waals surface area contributed by atoms with E-state index in [4.69, 9.17) is 4.98 Å². The SMILES string of the molecule is CCCN(CCc1csc2nc(-c3ccc(C)cc3)cn12)C(=O)Nc1ccc(F)cc1F. The van der Waals surface area contributed by atoms with Crippen molar-refractivity contribution >= 4 is 28.0 Å². The highest BCUT2D eigenvalue weighted by Gasteiger charge is 2.17. The monoisotopic (exact) mass is 454 g/mol. The van der Waals surface area contributed by atoms with Crippen molar-refractivity contribution in [2.24, 2.45) is 0 Å². The largest absolute Gasteiger partial charge is 0.324 e. The van der Waals surface area contributed by atoms with Crippen molar-refractivity contribution in [3.63, 3.8) is 0 Å². The number of aryl methyl sites for hydroxylation is 1. The Balaban J connectivity index is 1.47. The summed E-state index contributed by atoms with van der Waals surface area (Å²) >= 11 is 1.56. The van der Waals surface area contributed by atoms with Crippen LogP contribution in [0.4, 0.5) is 19.3 Å². The number of carbonyl (C=O) groups excluding carboxylic acids is 1. The summed E-state index contributed by atoms with van der Waals surface area (Å²) in [4.78, 5) is 20.0. The number of carbonyl (C=O) groups is 1. The molecule has 0 saturated carbocycles. The first-order chi connectivity index (χ1) is 15.4. The van der Waals surface area contributed by atoms with E-state index in [9.17, 15) is 13.6 Å². The molecule has 4 aromatic rings. The summed E-state index contributed by atoms with van der Waals surface area (Å²) in [6, 6.07) is 10.9.